The van der Waals surface area contributed by atoms with Crippen molar-refractivity contribution >= 4 is 32.5 Å². The van der Waals surface area contributed by atoms with Gasteiger partial charge in [-0.25, -0.2) is 8.42 Å². The summed E-state index contributed by atoms with van der Waals surface area (Å²) in [4.78, 5) is 14.7. The van der Waals surface area contributed by atoms with Gasteiger partial charge >= 0.3 is 0 Å². The van der Waals surface area contributed by atoms with E-state index in [4.69, 9.17) is 0 Å². The number of fused-ring (bicyclic) bond motifs is 1. The molecule has 3 aromatic rings. The van der Waals surface area contributed by atoms with Crippen molar-refractivity contribution in [1.82, 2.24) is 14.2 Å². The number of nitrogens with zero attached hydrogens (tertiary/aromatic N) is 3. The molecular formula is C25H32N4O3S. The molecule has 1 saturated heterocycles. The molecular weight excluding hydrogens is 436 g/mol. The van der Waals surface area contributed by atoms with E-state index in [0.29, 0.717) is 43.9 Å². The van der Waals surface area contributed by atoms with Gasteiger partial charge < -0.3 is 14.8 Å². The van der Waals surface area contributed by atoms with Crippen molar-refractivity contribution in [2.24, 2.45) is 0 Å². The Hall–Kier alpha value is -2.84. The van der Waals surface area contributed by atoms with Crippen LogP contribution in [0.3, 0.4) is 0 Å². The number of aryl methyl sites for hydroxylation is 1. The average Bonchev–Trinajstić information content (AvgIpc) is 3.48. The molecule has 1 fully saturated rings. The second-order valence-electron chi connectivity index (χ2n) is 8.78. The van der Waals surface area contributed by atoms with Crippen molar-refractivity contribution in [1.29, 1.82) is 0 Å². The number of sulfonamides is 1. The Morgan fingerprint density at radius 1 is 1.03 bits per heavy atom. The summed E-state index contributed by atoms with van der Waals surface area (Å²) in [5, 5.41) is 3.89. The van der Waals surface area contributed by atoms with Gasteiger partial charge in [0.1, 0.15) is 0 Å². The molecule has 0 atom stereocenters. The molecule has 1 aliphatic rings. The Morgan fingerprint density at radius 3 is 2.45 bits per heavy atom. The van der Waals surface area contributed by atoms with E-state index in [1.54, 1.807) is 16.4 Å². The van der Waals surface area contributed by atoms with E-state index >= 15 is 0 Å². The largest absolute Gasteiger partial charge is 0.378 e. The van der Waals surface area contributed by atoms with Gasteiger partial charge in [0.2, 0.25) is 15.9 Å². The second-order valence-corrected chi connectivity index (χ2v) is 10.7. The number of rotatable bonds is 9. The summed E-state index contributed by atoms with van der Waals surface area (Å²) in [6, 6.07) is 15.4. The molecule has 0 unspecified atom stereocenters. The molecule has 2 aromatic carbocycles. The molecule has 7 nitrogen and oxygen atoms in total. The number of anilines is 1. The summed E-state index contributed by atoms with van der Waals surface area (Å²) in [5.41, 5.74) is 3.19. The molecule has 8 heteroatoms. The van der Waals surface area contributed by atoms with Gasteiger partial charge in [-0.3, -0.25) is 4.79 Å². The van der Waals surface area contributed by atoms with Gasteiger partial charge in [-0.15, -0.1) is 0 Å². The molecule has 1 N–H and O–H groups in total. The molecule has 4 rings (SSSR count). The van der Waals surface area contributed by atoms with Gasteiger partial charge in [0, 0.05) is 69.5 Å². The van der Waals surface area contributed by atoms with Crippen molar-refractivity contribution in [3.05, 3.63) is 60.3 Å². The highest BCUT2D eigenvalue weighted by Crippen LogP contribution is 2.25. The van der Waals surface area contributed by atoms with Crippen LogP contribution in [-0.4, -0.2) is 50.4 Å². The van der Waals surface area contributed by atoms with Crippen LogP contribution < -0.4 is 10.2 Å². The summed E-state index contributed by atoms with van der Waals surface area (Å²) in [5.74, 6) is 0.0298. The fraction of sp³-hybridized carbons (Fsp3) is 0.400. The van der Waals surface area contributed by atoms with E-state index in [0.717, 1.165) is 35.0 Å². The zero-order chi connectivity index (χ0) is 23.4. The number of amides is 1. The molecule has 33 heavy (non-hydrogen) atoms. The van der Waals surface area contributed by atoms with Gasteiger partial charge in [-0.2, -0.15) is 4.31 Å². The highest BCUT2D eigenvalue weighted by Gasteiger charge is 2.27. The van der Waals surface area contributed by atoms with Crippen molar-refractivity contribution in [2.45, 2.75) is 43.7 Å². The normalized spacial score (nSPS) is 14.6. The smallest absolute Gasteiger partial charge is 0.243 e. The number of nitrogens with one attached hydrogen (secondary N) is 1. The van der Waals surface area contributed by atoms with Crippen molar-refractivity contribution in [3.8, 4) is 0 Å². The zero-order valence-electron chi connectivity index (χ0n) is 19.3. The summed E-state index contributed by atoms with van der Waals surface area (Å²) < 4.78 is 29.3. The van der Waals surface area contributed by atoms with E-state index in [1.807, 2.05) is 61.6 Å². The number of carbonyl (C=O) groups is 1. The molecule has 0 radical (unpaired) electrons. The van der Waals surface area contributed by atoms with Gasteiger partial charge in [-0.05, 0) is 61.2 Å². The first-order chi connectivity index (χ1) is 15.8. The summed E-state index contributed by atoms with van der Waals surface area (Å²) in [7, 11) is 0.584. The van der Waals surface area contributed by atoms with Gasteiger partial charge in [-0.1, -0.05) is 12.1 Å². The maximum absolute atomic E-state index is 12.8. The number of carbonyl (C=O) groups excluding carboxylic acids is 1. The molecule has 0 saturated carbocycles. The predicted molar refractivity (Wildman–Crippen MR) is 132 cm³/mol. The number of hydrogen-bond donors (Lipinski definition) is 1. The minimum atomic E-state index is -3.42. The van der Waals surface area contributed by atoms with Gasteiger partial charge in [0.15, 0.2) is 0 Å². The van der Waals surface area contributed by atoms with Crippen LogP contribution in [0.4, 0.5) is 5.69 Å². The Kier molecular flexibility index (Phi) is 7.05. The highest BCUT2D eigenvalue weighted by atomic mass is 32.2. The standard InChI is InChI=1S/C25H32N4O3S/c1-27(2)22-9-7-20(8-10-22)19-26-25(30)6-5-14-28-17-13-21-18-23(11-12-24(21)28)33(31,32)29-15-3-4-16-29/h7-13,17-18H,3-6,14-16,19H2,1-2H3,(H,26,30). The van der Waals surface area contributed by atoms with Crippen LogP contribution in [-0.2, 0) is 27.9 Å². The van der Waals surface area contributed by atoms with Gasteiger partial charge in [0.05, 0.1) is 4.90 Å². The Labute approximate surface area is 196 Å². The SMILES string of the molecule is CN(C)c1ccc(CNC(=O)CCCn2ccc3cc(S(=O)(=O)N4CCCC4)ccc32)cc1. The van der Waals surface area contributed by atoms with E-state index in [2.05, 4.69) is 9.88 Å². The first-order valence-corrected chi connectivity index (χ1v) is 12.9. The van der Waals surface area contributed by atoms with Crippen molar-refractivity contribution in [2.75, 3.05) is 32.1 Å². The molecule has 1 aromatic heterocycles. The monoisotopic (exact) mass is 468 g/mol. The van der Waals surface area contributed by atoms with E-state index in [9.17, 15) is 13.2 Å². The maximum Gasteiger partial charge on any atom is 0.243 e. The number of benzene rings is 2. The summed E-state index contributed by atoms with van der Waals surface area (Å²) in [6.45, 7) is 2.43. The van der Waals surface area contributed by atoms with Crippen LogP contribution in [0.5, 0.6) is 0 Å². The highest BCUT2D eigenvalue weighted by molar-refractivity contribution is 7.89. The molecule has 2 heterocycles. The number of aromatic nitrogens is 1. The molecule has 0 aliphatic carbocycles. The lowest BCUT2D eigenvalue weighted by atomic mass is 10.2. The van der Waals surface area contributed by atoms with Crippen LogP contribution in [0, 0.1) is 0 Å². The Morgan fingerprint density at radius 2 is 1.76 bits per heavy atom. The third-order valence-electron chi connectivity index (χ3n) is 6.19. The van der Waals surface area contributed by atoms with Crippen molar-refractivity contribution in [3.63, 3.8) is 0 Å². The third kappa shape index (κ3) is 5.39. The lowest BCUT2D eigenvalue weighted by Gasteiger charge is -2.15. The fourth-order valence-corrected chi connectivity index (χ4v) is 5.78. The quantitative estimate of drug-likeness (QED) is 0.521. The molecule has 0 spiro atoms. The molecule has 0 bridgehead atoms. The van der Waals surface area contributed by atoms with Crippen LogP contribution in [0.25, 0.3) is 10.9 Å². The second kappa shape index (κ2) is 9.97. The third-order valence-corrected chi connectivity index (χ3v) is 8.09. The van der Waals surface area contributed by atoms with Gasteiger partial charge in [0.25, 0.3) is 0 Å². The lowest BCUT2D eigenvalue weighted by molar-refractivity contribution is -0.121. The van der Waals surface area contributed by atoms with Crippen LogP contribution in [0.1, 0.15) is 31.2 Å². The van der Waals surface area contributed by atoms with Crippen LogP contribution >= 0.6 is 0 Å². The topological polar surface area (TPSA) is 74.6 Å². The lowest BCUT2D eigenvalue weighted by Crippen LogP contribution is -2.27. The van der Waals surface area contributed by atoms with E-state index in [-0.39, 0.29) is 5.91 Å². The Balaban J connectivity index is 1.30. The van der Waals surface area contributed by atoms with Crippen LogP contribution in [0.15, 0.2) is 59.6 Å². The predicted octanol–water partition coefficient (Wildman–Crippen LogP) is 3.59. The van der Waals surface area contributed by atoms with E-state index < -0.39 is 10.0 Å². The number of hydrogen-bond acceptors (Lipinski definition) is 4. The van der Waals surface area contributed by atoms with E-state index in [1.165, 1.54) is 0 Å². The molecule has 176 valence electrons. The first-order valence-electron chi connectivity index (χ1n) is 11.5. The fourth-order valence-electron chi connectivity index (χ4n) is 4.22. The zero-order valence-corrected chi connectivity index (χ0v) is 20.1. The maximum atomic E-state index is 12.8. The summed E-state index contributed by atoms with van der Waals surface area (Å²) >= 11 is 0. The average molecular weight is 469 g/mol. The van der Waals surface area contributed by atoms with Crippen molar-refractivity contribution < 1.29 is 13.2 Å². The molecule has 1 aliphatic heterocycles. The first kappa shape index (κ1) is 23.3. The minimum Gasteiger partial charge on any atom is -0.378 e. The summed E-state index contributed by atoms with van der Waals surface area (Å²) in [6.07, 6.45) is 4.96. The Bertz CT molecular complexity index is 1210. The molecule has 1 amide bonds. The van der Waals surface area contributed by atoms with Crippen LogP contribution in [0.2, 0.25) is 0 Å². The minimum absolute atomic E-state index is 0.0298.